The third-order valence-electron chi connectivity index (χ3n) is 5.27. The highest BCUT2D eigenvalue weighted by Gasteiger charge is 2.47. The highest BCUT2D eigenvalue weighted by molar-refractivity contribution is 5.99. The largest absolute Gasteiger partial charge is 0.294 e. The van der Waals surface area contributed by atoms with Crippen LogP contribution in [0.2, 0.25) is 0 Å². The molecule has 0 radical (unpaired) electrons. The number of aryl methyl sites for hydroxylation is 1. The van der Waals surface area contributed by atoms with E-state index in [1.807, 2.05) is 48.7 Å². The standard InChI is InChI=1S/C23H21NO/c1-16-12-13-24-21(14-16)19-15-20(22(19)17-8-4-2-5-9-17)23(25)18-10-6-3-7-11-18/h2-14,19-20,22H,15H2,1H3/t19-,20+,22+/m0/s1. The van der Waals surface area contributed by atoms with Crippen LogP contribution in [0.5, 0.6) is 0 Å². The van der Waals surface area contributed by atoms with Crippen molar-refractivity contribution in [3.8, 4) is 0 Å². The van der Waals surface area contributed by atoms with Crippen molar-refractivity contribution in [3.63, 3.8) is 0 Å². The van der Waals surface area contributed by atoms with Gasteiger partial charge >= 0.3 is 0 Å². The lowest BCUT2D eigenvalue weighted by Crippen LogP contribution is -2.38. The van der Waals surface area contributed by atoms with Gasteiger partial charge in [0.2, 0.25) is 0 Å². The van der Waals surface area contributed by atoms with Gasteiger partial charge in [-0.3, -0.25) is 9.78 Å². The molecule has 1 aliphatic carbocycles. The van der Waals surface area contributed by atoms with Crippen molar-refractivity contribution >= 4 is 5.78 Å². The lowest BCUT2D eigenvalue weighted by atomic mass is 9.58. The van der Waals surface area contributed by atoms with E-state index in [4.69, 9.17) is 0 Å². The third-order valence-corrected chi connectivity index (χ3v) is 5.27. The maximum absolute atomic E-state index is 13.0. The minimum absolute atomic E-state index is 0.0251. The van der Waals surface area contributed by atoms with Gasteiger partial charge in [-0.25, -0.2) is 0 Å². The Hall–Kier alpha value is -2.74. The van der Waals surface area contributed by atoms with Gasteiger partial charge in [0.25, 0.3) is 0 Å². The normalized spacial score (nSPS) is 22.2. The van der Waals surface area contributed by atoms with Gasteiger partial charge in [-0.2, -0.15) is 0 Å². The summed E-state index contributed by atoms with van der Waals surface area (Å²) in [5.41, 5.74) is 4.36. The minimum atomic E-state index is 0.0251. The van der Waals surface area contributed by atoms with E-state index in [9.17, 15) is 4.79 Å². The zero-order valence-electron chi connectivity index (χ0n) is 14.3. The number of rotatable bonds is 4. The second kappa shape index (κ2) is 6.64. The molecule has 1 heterocycles. The number of hydrogen-bond donors (Lipinski definition) is 0. The van der Waals surface area contributed by atoms with Gasteiger partial charge in [-0.1, -0.05) is 60.7 Å². The maximum atomic E-state index is 13.0. The van der Waals surface area contributed by atoms with Crippen LogP contribution in [0.3, 0.4) is 0 Å². The number of pyridine rings is 1. The van der Waals surface area contributed by atoms with E-state index in [0.29, 0.717) is 5.92 Å². The van der Waals surface area contributed by atoms with Gasteiger partial charge in [0.1, 0.15) is 0 Å². The Morgan fingerprint density at radius 2 is 1.64 bits per heavy atom. The fourth-order valence-corrected chi connectivity index (χ4v) is 3.94. The molecule has 2 nitrogen and oxygen atoms in total. The first kappa shape index (κ1) is 15.8. The van der Waals surface area contributed by atoms with Crippen LogP contribution in [0.1, 0.15) is 45.4 Å². The van der Waals surface area contributed by atoms with Gasteiger partial charge in [0, 0.05) is 35.2 Å². The maximum Gasteiger partial charge on any atom is 0.166 e. The summed E-state index contributed by atoms with van der Waals surface area (Å²) in [6.45, 7) is 2.09. The Morgan fingerprint density at radius 1 is 0.960 bits per heavy atom. The van der Waals surface area contributed by atoms with Gasteiger partial charge in [0.15, 0.2) is 5.78 Å². The highest BCUT2D eigenvalue weighted by Crippen LogP contribution is 2.54. The van der Waals surface area contributed by atoms with E-state index in [1.54, 1.807) is 0 Å². The SMILES string of the molecule is Cc1ccnc([C@@H]2C[C@@H](C(=O)c3ccccc3)[C@@H]2c2ccccc2)c1. The zero-order chi connectivity index (χ0) is 17.2. The van der Waals surface area contributed by atoms with Gasteiger partial charge in [0.05, 0.1) is 0 Å². The second-order valence-electron chi connectivity index (χ2n) is 6.87. The van der Waals surface area contributed by atoms with E-state index in [2.05, 4.69) is 42.2 Å². The molecule has 0 unspecified atom stereocenters. The molecule has 1 aromatic heterocycles. The van der Waals surface area contributed by atoms with Crippen LogP contribution in [0.15, 0.2) is 79.0 Å². The summed E-state index contributed by atoms with van der Waals surface area (Å²) in [4.78, 5) is 17.6. The Labute approximate surface area is 148 Å². The lowest BCUT2D eigenvalue weighted by Gasteiger charge is -2.44. The summed E-state index contributed by atoms with van der Waals surface area (Å²) < 4.78 is 0. The first-order valence-corrected chi connectivity index (χ1v) is 8.81. The number of aromatic nitrogens is 1. The summed E-state index contributed by atoms with van der Waals surface area (Å²) in [6, 6.07) is 24.2. The zero-order valence-corrected chi connectivity index (χ0v) is 14.3. The summed E-state index contributed by atoms with van der Waals surface area (Å²) in [5, 5.41) is 0. The monoisotopic (exact) mass is 327 g/mol. The Bertz CT molecular complexity index is 873. The lowest BCUT2D eigenvalue weighted by molar-refractivity contribution is 0.0778. The van der Waals surface area contributed by atoms with E-state index in [0.717, 1.165) is 17.7 Å². The Morgan fingerprint density at radius 3 is 2.32 bits per heavy atom. The fraction of sp³-hybridized carbons (Fsp3) is 0.217. The van der Waals surface area contributed by atoms with E-state index >= 15 is 0 Å². The van der Waals surface area contributed by atoms with E-state index in [1.165, 1.54) is 11.1 Å². The van der Waals surface area contributed by atoms with Crippen LogP contribution in [0.4, 0.5) is 0 Å². The molecule has 3 atom stereocenters. The van der Waals surface area contributed by atoms with Crippen molar-refractivity contribution in [1.29, 1.82) is 0 Å². The average Bonchev–Trinajstić information content (AvgIpc) is 2.62. The first-order valence-electron chi connectivity index (χ1n) is 8.81. The highest BCUT2D eigenvalue weighted by atomic mass is 16.1. The molecule has 4 rings (SSSR count). The van der Waals surface area contributed by atoms with Crippen LogP contribution in [0, 0.1) is 12.8 Å². The number of benzene rings is 2. The molecular weight excluding hydrogens is 306 g/mol. The third kappa shape index (κ3) is 3.00. The molecule has 1 saturated carbocycles. The molecule has 1 aliphatic rings. The molecule has 0 amide bonds. The summed E-state index contributed by atoms with van der Waals surface area (Å²) in [6.07, 6.45) is 2.74. The second-order valence-corrected chi connectivity index (χ2v) is 6.87. The van der Waals surface area contributed by atoms with Crippen molar-refractivity contribution in [2.24, 2.45) is 5.92 Å². The van der Waals surface area contributed by atoms with Crippen LogP contribution in [0.25, 0.3) is 0 Å². The predicted molar refractivity (Wildman–Crippen MR) is 99.8 cm³/mol. The Kier molecular flexibility index (Phi) is 4.19. The minimum Gasteiger partial charge on any atom is -0.294 e. The number of carbonyl (C=O) groups excluding carboxylic acids is 1. The number of carbonyl (C=O) groups is 1. The molecule has 0 bridgehead atoms. The summed E-state index contributed by atoms with van der Waals surface area (Å²) >= 11 is 0. The molecule has 1 fully saturated rings. The molecule has 0 aliphatic heterocycles. The smallest absolute Gasteiger partial charge is 0.166 e. The molecule has 0 saturated heterocycles. The van der Waals surface area contributed by atoms with E-state index in [-0.39, 0.29) is 17.6 Å². The number of hydrogen-bond acceptors (Lipinski definition) is 2. The molecule has 2 heteroatoms. The van der Waals surface area contributed by atoms with Crippen molar-refractivity contribution < 1.29 is 4.79 Å². The molecule has 124 valence electrons. The number of ketones is 1. The van der Waals surface area contributed by atoms with Gasteiger partial charge in [-0.15, -0.1) is 0 Å². The molecule has 2 aromatic carbocycles. The topological polar surface area (TPSA) is 30.0 Å². The molecule has 25 heavy (non-hydrogen) atoms. The van der Waals surface area contributed by atoms with Crippen molar-refractivity contribution in [2.75, 3.05) is 0 Å². The van der Waals surface area contributed by atoms with Gasteiger partial charge < -0.3 is 0 Å². The van der Waals surface area contributed by atoms with Crippen LogP contribution < -0.4 is 0 Å². The van der Waals surface area contributed by atoms with Crippen molar-refractivity contribution in [2.45, 2.75) is 25.2 Å². The van der Waals surface area contributed by atoms with Crippen LogP contribution in [-0.2, 0) is 0 Å². The van der Waals surface area contributed by atoms with E-state index < -0.39 is 0 Å². The summed E-state index contributed by atoms with van der Waals surface area (Å²) in [7, 11) is 0. The summed E-state index contributed by atoms with van der Waals surface area (Å²) in [5.74, 6) is 0.777. The average molecular weight is 327 g/mol. The molecular formula is C23H21NO. The van der Waals surface area contributed by atoms with Gasteiger partial charge in [-0.05, 0) is 36.6 Å². The van der Waals surface area contributed by atoms with Crippen molar-refractivity contribution in [1.82, 2.24) is 4.98 Å². The Balaban J connectivity index is 1.68. The molecule has 0 spiro atoms. The number of Topliss-reactive ketones (excluding diaryl/α,β-unsaturated/α-hetero) is 1. The molecule has 3 aromatic rings. The quantitative estimate of drug-likeness (QED) is 0.620. The first-order chi connectivity index (χ1) is 12.2. The number of nitrogens with zero attached hydrogens (tertiary/aromatic N) is 1. The predicted octanol–water partition coefficient (Wildman–Crippen LogP) is 5.16. The van der Waals surface area contributed by atoms with Crippen LogP contribution in [-0.4, -0.2) is 10.8 Å². The molecule has 0 N–H and O–H groups in total. The fourth-order valence-electron chi connectivity index (χ4n) is 3.94. The van der Waals surface area contributed by atoms with Crippen LogP contribution >= 0.6 is 0 Å². The van der Waals surface area contributed by atoms with Crippen molar-refractivity contribution in [3.05, 3.63) is 101 Å².